The highest BCUT2D eigenvalue weighted by Gasteiger charge is 2.32. The van der Waals surface area contributed by atoms with Gasteiger partial charge in [-0.05, 0) is 17.9 Å². The minimum atomic E-state index is -1.51. The number of nitrogens with one attached hydrogen (secondary N) is 5. The van der Waals surface area contributed by atoms with Gasteiger partial charge in [0.2, 0.25) is 22.8 Å². The van der Waals surface area contributed by atoms with Crippen LogP contribution in [0.3, 0.4) is 0 Å². The van der Waals surface area contributed by atoms with E-state index in [0.717, 1.165) is 17.3 Å². The number of urea groups is 1. The largest absolute Gasteiger partial charge is 0.394 e. The van der Waals surface area contributed by atoms with Crippen LogP contribution >= 0.6 is 11.8 Å². The summed E-state index contributed by atoms with van der Waals surface area (Å²) in [5.74, 6) is -3.24. The van der Waals surface area contributed by atoms with Crippen molar-refractivity contribution in [3.63, 3.8) is 0 Å². The summed E-state index contributed by atoms with van der Waals surface area (Å²) in [6, 6.07) is 3.18. The molecule has 0 bridgehead atoms. The zero-order valence-corrected chi connectivity index (χ0v) is 21.7. The fourth-order valence-electron chi connectivity index (χ4n) is 3.57. The summed E-state index contributed by atoms with van der Waals surface area (Å²) in [6.07, 6.45) is 0.374. The Morgan fingerprint density at radius 3 is 2.22 bits per heavy atom. The van der Waals surface area contributed by atoms with E-state index in [2.05, 4.69) is 21.3 Å². The van der Waals surface area contributed by atoms with Crippen molar-refractivity contribution >= 4 is 46.5 Å². The summed E-state index contributed by atoms with van der Waals surface area (Å²) in [4.78, 5) is 75.8. The third-order valence-corrected chi connectivity index (χ3v) is 6.42. The van der Waals surface area contributed by atoms with Gasteiger partial charge in [0, 0.05) is 19.1 Å². The topological polar surface area (TPSA) is 183 Å². The second-order valence-electron chi connectivity index (χ2n) is 9.02. The molecule has 0 unspecified atom stereocenters. The first-order chi connectivity index (χ1) is 17.5. The molecule has 0 aromatic heterocycles. The minimum absolute atomic E-state index is 0.0191. The molecule has 1 aliphatic rings. The molecule has 202 valence electrons. The van der Waals surface area contributed by atoms with E-state index in [-0.39, 0.29) is 24.5 Å². The number of thioether (sulfide) groups is 1. The van der Waals surface area contributed by atoms with E-state index in [4.69, 9.17) is 0 Å². The van der Waals surface area contributed by atoms with Crippen LogP contribution in [0.1, 0.15) is 32.8 Å². The Labute approximate surface area is 219 Å². The molecule has 0 saturated carbocycles. The van der Waals surface area contributed by atoms with Crippen LogP contribution in [0, 0.1) is 5.92 Å². The van der Waals surface area contributed by atoms with Gasteiger partial charge in [0.15, 0.2) is 0 Å². The van der Waals surface area contributed by atoms with E-state index >= 15 is 0 Å². The smallest absolute Gasteiger partial charge is 0.322 e. The van der Waals surface area contributed by atoms with Crippen molar-refractivity contribution < 1.29 is 33.9 Å². The van der Waals surface area contributed by atoms with Crippen molar-refractivity contribution in [2.45, 2.75) is 57.8 Å². The molecule has 0 spiro atoms. The predicted octanol–water partition coefficient (Wildman–Crippen LogP) is -0.790. The van der Waals surface area contributed by atoms with E-state index in [1.165, 1.54) is 6.92 Å². The maximum Gasteiger partial charge on any atom is 0.322 e. The molecule has 6 amide bonds. The van der Waals surface area contributed by atoms with Crippen molar-refractivity contribution in [3.05, 3.63) is 35.9 Å². The van der Waals surface area contributed by atoms with Crippen LogP contribution in [-0.2, 0) is 30.4 Å². The number of imide groups is 1. The summed E-state index contributed by atoms with van der Waals surface area (Å²) in [5, 5.41) is 21.0. The normalized spacial score (nSPS) is 24.2. The van der Waals surface area contributed by atoms with Gasteiger partial charge in [-0.1, -0.05) is 55.9 Å². The van der Waals surface area contributed by atoms with Gasteiger partial charge in [-0.25, -0.2) is 4.79 Å². The van der Waals surface area contributed by atoms with Crippen molar-refractivity contribution in [1.82, 2.24) is 26.6 Å². The van der Waals surface area contributed by atoms with Gasteiger partial charge in [-0.15, -0.1) is 0 Å². The van der Waals surface area contributed by atoms with E-state index < -0.39 is 65.5 Å². The fraction of sp³-hybridized carbons (Fsp3) is 0.500. The molecule has 1 fully saturated rings. The molecule has 12 nitrogen and oxygen atoms in total. The molecule has 1 saturated heterocycles. The molecule has 1 aromatic rings. The van der Waals surface area contributed by atoms with Crippen LogP contribution in [0.5, 0.6) is 0 Å². The lowest BCUT2D eigenvalue weighted by Crippen LogP contribution is -2.58. The van der Waals surface area contributed by atoms with Crippen LogP contribution in [0.15, 0.2) is 30.3 Å². The molecule has 1 aromatic carbocycles. The Kier molecular flexibility index (Phi) is 11.5. The lowest BCUT2D eigenvalue weighted by Gasteiger charge is -2.24. The number of hydrogen-bond acceptors (Lipinski definition) is 8. The second-order valence-corrected chi connectivity index (χ2v) is 10.0. The molecule has 0 radical (unpaired) electrons. The number of carbonyl (C=O) groups is 6. The van der Waals surface area contributed by atoms with Crippen LogP contribution in [0.2, 0.25) is 0 Å². The summed E-state index contributed by atoms with van der Waals surface area (Å²) in [7, 11) is 0. The Balaban J connectivity index is 2.41. The number of rotatable bonds is 6. The number of carbonyl (C=O) groups excluding carboxylic acids is 6. The lowest BCUT2D eigenvalue weighted by molar-refractivity contribution is -0.131. The van der Waals surface area contributed by atoms with Gasteiger partial charge in [-0.3, -0.25) is 29.3 Å². The van der Waals surface area contributed by atoms with Crippen molar-refractivity contribution in [3.8, 4) is 0 Å². The average Bonchev–Trinajstić information content (AvgIpc) is 2.83. The number of hydrogen-bond donors (Lipinski definition) is 6. The quantitative estimate of drug-likeness (QED) is 0.274. The maximum atomic E-state index is 13.2. The van der Waals surface area contributed by atoms with Crippen LogP contribution < -0.4 is 26.6 Å². The molecule has 4 atom stereocenters. The van der Waals surface area contributed by atoms with E-state index in [1.54, 1.807) is 24.3 Å². The predicted molar refractivity (Wildman–Crippen MR) is 136 cm³/mol. The van der Waals surface area contributed by atoms with Gasteiger partial charge in [0.25, 0.3) is 5.91 Å². The van der Waals surface area contributed by atoms with Gasteiger partial charge in [0.1, 0.15) is 24.2 Å². The Morgan fingerprint density at radius 1 is 0.973 bits per heavy atom. The van der Waals surface area contributed by atoms with E-state index in [1.807, 2.05) is 25.2 Å². The summed E-state index contributed by atoms with van der Waals surface area (Å²) in [5.41, 5.74) is 0.776. The van der Waals surface area contributed by atoms with E-state index in [0.29, 0.717) is 0 Å². The highest BCUT2D eigenvalue weighted by molar-refractivity contribution is 8.13. The SMILES string of the molecule is CC(=O)N[C@H]1CSC(=O)[C@H](Cc2ccccc2)NC(=O)[C@H](CC(C)C)NC(=O)NC(=O)[C@H](CO)NC1=O. The molecular formula is C24H33N5O7S. The van der Waals surface area contributed by atoms with Crippen molar-refractivity contribution in [2.24, 2.45) is 5.92 Å². The number of aliphatic hydroxyl groups excluding tert-OH is 1. The molecule has 37 heavy (non-hydrogen) atoms. The summed E-state index contributed by atoms with van der Waals surface area (Å²) < 4.78 is 0. The Hall–Kier alpha value is -3.45. The number of aliphatic hydroxyl groups is 1. The molecular weight excluding hydrogens is 502 g/mol. The molecule has 1 aliphatic heterocycles. The summed E-state index contributed by atoms with van der Waals surface area (Å²) in [6.45, 7) is 4.03. The zero-order valence-electron chi connectivity index (χ0n) is 20.9. The standard InChI is InChI=1S/C24H33N5O7S/c1-13(2)9-16-20(32)26-17(10-15-7-5-4-6-8-15)23(35)37-12-19(25-14(3)31)22(34)27-18(11-30)21(33)29-24(36)28-16/h4-8,13,16-19,30H,9-12H2,1-3H3,(H,25,31)(H,26,32)(H,27,34)(H2,28,29,33,36)/t16-,17-,18-,19-/m0/s1. The van der Waals surface area contributed by atoms with Crippen LogP contribution in [-0.4, -0.2) is 76.4 Å². The number of benzene rings is 1. The maximum absolute atomic E-state index is 13.2. The number of amides is 6. The highest BCUT2D eigenvalue weighted by atomic mass is 32.2. The first kappa shape index (κ1) is 29.8. The zero-order chi connectivity index (χ0) is 27.5. The average molecular weight is 536 g/mol. The molecule has 0 aliphatic carbocycles. The fourth-order valence-corrected chi connectivity index (χ4v) is 4.48. The van der Waals surface area contributed by atoms with Gasteiger partial charge >= 0.3 is 6.03 Å². The van der Waals surface area contributed by atoms with Crippen molar-refractivity contribution in [2.75, 3.05) is 12.4 Å². The molecule has 13 heteroatoms. The molecule has 2 rings (SSSR count). The van der Waals surface area contributed by atoms with Gasteiger partial charge in [0.05, 0.1) is 6.61 Å². The third kappa shape index (κ3) is 9.84. The molecule has 6 N–H and O–H groups in total. The Morgan fingerprint density at radius 2 is 1.62 bits per heavy atom. The van der Waals surface area contributed by atoms with Crippen molar-refractivity contribution in [1.29, 1.82) is 0 Å². The van der Waals surface area contributed by atoms with E-state index in [9.17, 15) is 33.9 Å². The summed E-state index contributed by atoms with van der Waals surface area (Å²) >= 11 is 0.737. The van der Waals surface area contributed by atoms with Crippen LogP contribution in [0.25, 0.3) is 0 Å². The second kappa shape index (κ2) is 14.3. The Bertz CT molecular complexity index is 1000. The van der Waals surface area contributed by atoms with Crippen LogP contribution in [0.4, 0.5) is 4.79 Å². The first-order valence-corrected chi connectivity index (χ1v) is 12.8. The van der Waals surface area contributed by atoms with Gasteiger partial charge < -0.3 is 26.4 Å². The highest BCUT2D eigenvalue weighted by Crippen LogP contribution is 2.15. The lowest BCUT2D eigenvalue weighted by atomic mass is 10.0. The minimum Gasteiger partial charge on any atom is -0.394 e. The molecule has 1 heterocycles. The third-order valence-electron chi connectivity index (χ3n) is 5.35. The van der Waals surface area contributed by atoms with Gasteiger partial charge in [-0.2, -0.15) is 0 Å². The first-order valence-electron chi connectivity index (χ1n) is 11.8. The monoisotopic (exact) mass is 535 g/mol.